The van der Waals surface area contributed by atoms with Gasteiger partial charge in [-0.2, -0.15) is 8.42 Å². The van der Waals surface area contributed by atoms with Gasteiger partial charge in [0.15, 0.2) is 0 Å². The van der Waals surface area contributed by atoms with Crippen molar-refractivity contribution in [1.82, 2.24) is 0 Å². The van der Waals surface area contributed by atoms with Gasteiger partial charge in [-0.05, 0) is 76.5 Å². The molecule has 0 aliphatic heterocycles. The lowest BCUT2D eigenvalue weighted by Gasteiger charge is -2.15. The van der Waals surface area contributed by atoms with Crippen LogP contribution in [0.5, 0.6) is 5.75 Å². The van der Waals surface area contributed by atoms with Crippen molar-refractivity contribution in [3.8, 4) is 16.9 Å². The van der Waals surface area contributed by atoms with Gasteiger partial charge in [0.05, 0.1) is 18.9 Å². The maximum Gasteiger partial charge on any atom is 0.354 e. The lowest BCUT2D eigenvalue weighted by atomic mass is 9.92. The fourth-order valence-corrected chi connectivity index (χ4v) is 4.19. The lowest BCUT2D eigenvalue weighted by Crippen LogP contribution is -2.16. The predicted molar refractivity (Wildman–Crippen MR) is 142 cm³/mol. The van der Waals surface area contributed by atoms with Crippen molar-refractivity contribution in [2.75, 3.05) is 18.7 Å². The molecular weight excluding hydrogens is 494 g/mol. The number of ether oxygens (including phenoxy) is 1. The molecule has 0 fully saturated rings. The van der Waals surface area contributed by atoms with E-state index in [2.05, 4.69) is 9.50 Å². The molecule has 0 atom stereocenters. The van der Waals surface area contributed by atoms with E-state index in [1.54, 1.807) is 72.8 Å². The number of methoxy groups -OCH3 is 1. The molecular formula is C27H23N3O6S. The standard InChI is InChI=1S/C27H23N3O6S/c1-35-20-12-9-17-14-24(26(31)30-19-10-7-16(8-11-19)25(28)29)23(15-18(17)13-20)21-5-3-4-6-22(21)27(32)36-37(2,33)34/h3-15H,1-2H3,(H3,28,29)(H,30,31). The molecule has 0 radical (unpaired) electrons. The van der Waals surface area contributed by atoms with Crippen LogP contribution < -0.4 is 15.8 Å². The van der Waals surface area contributed by atoms with Gasteiger partial charge < -0.3 is 20.0 Å². The Morgan fingerprint density at radius 3 is 2.22 bits per heavy atom. The number of amidine groups is 1. The molecule has 0 spiro atoms. The first-order valence-corrected chi connectivity index (χ1v) is 12.8. The molecule has 9 nitrogen and oxygen atoms in total. The minimum absolute atomic E-state index is 0.0185. The molecule has 4 rings (SSSR count). The van der Waals surface area contributed by atoms with Crippen molar-refractivity contribution in [3.63, 3.8) is 0 Å². The summed E-state index contributed by atoms with van der Waals surface area (Å²) < 4.78 is 33.2. The van der Waals surface area contributed by atoms with Crippen LogP contribution >= 0.6 is 0 Å². The number of nitrogens with one attached hydrogen (secondary N) is 2. The van der Waals surface area contributed by atoms with Crippen LogP contribution in [0.25, 0.3) is 21.9 Å². The van der Waals surface area contributed by atoms with E-state index < -0.39 is 22.0 Å². The monoisotopic (exact) mass is 517 g/mol. The summed E-state index contributed by atoms with van der Waals surface area (Å²) >= 11 is 0. The van der Waals surface area contributed by atoms with Crippen molar-refractivity contribution in [1.29, 1.82) is 5.41 Å². The van der Waals surface area contributed by atoms with Crippen LogP contribution in [0.2, 0.25) is 0 Å². The molecule has 0 saturated carbocycles. The summed E-state index contributed by atoms with van der Waals surface area (Å²) in [6.07, 6.45) is 0.784. The summed E-state index contributed by atoms with van der Waals surface area (Å²) in [4.78, 5) is 26.2. The summed E-state index contributed by atoms with van der Waals surface area (Å²) in [6, 6.07) is 21.5. The molecule has 0 saturated heterocycles. The second kappa shape index (κ2) is 10.1. The van der Waals surface area contributed by atoms with Gasteiger partial charge >= 0.3 is 16.1 Å². The number of amides is 1. The first kappa shape index (κ1) is 25.4. The van der Waals surface area contributed by atoms with E-state index in [1.165, 1.54) is 13.2 Å². The maximum atomic E-state index is 13.5. The van der Waals surface area contributed by atoms with E-state index in [1.807, 2.05) is 0 Å². The summed E-state index contributed by atoms with van der Waals surface area (Å²) in [5.74, 6) is -1.02. The van der Waals surface area contributed by atoms with Crippen molar-refractivity contribution in [3.05, 3.63) is 95.6 Å². The van der Waals surface area contributed by atoms with E-state index >= 15 is 0 Å². The highest BCUT2D eigenvalue weighted by Crippen LogP contribution is 2.34. The molecule has 0 unspecified atom stereocenters. The number of nitrogens with two attached hydrogens (primary N) is 1. The van der Waals surface area contributed by atoms with Crippen LogP contribution in [0, 0.1) is 5.41 Å². The van der Waals surface area contributed by atoms with Crippen molar-refractivity contribution < 1.29 is 26.9 Å². The van der Waals surface area contributed by atoms with Crippen LogP contribution in [0.4, 0.5) is 5.69 Å². The minimum atomic E-state index is -4.06. The van der Waals surface area contributed by atoms with E-state index in [4.69, 9.17) is 15.9 Å². The van der Waals surface area contributed by atoms with Crippen molar-refractivity contribution in [2.45, 2.75) is 0 Å². The third kappa shape index (κ3) is 5.76. The Kier molecular flexibility index (Phi) is 6.94. The highest BCUT2D eigenvalue weighted by molar-refractivity contribution is 7.86. The minimum Gasteiger partial charge on any atom is -0.497 e. The number of rotatable bonds is 7. The zero-order chi connectivity index (χ0) is 26.7. The van der Waals surface area contributed by atoms with Crippen LogP contribution in [0.1, 0.15) is 26.3 Å². The van der Waals surface area contributed by atoms with Gasteiger partial charge in [-0.1, -0.05) is 24.3 Å². The van der Waals surface area contributed by atoms with Gasteiger partial charge in [0.2, 0.25) is 0 Å². The first-order valence-electron chi connectivity index (χ1n) is 11.0. The van der Waals surface area contributed by atoms with E-state index in [-0.39, 0.29) is 17.0 Å². The van der Waals surface area contributed by atoms with Crippen LogP contribution in [0.15, 0.2) is 78.9 Å². The molecule has 0 aromatic heterocycles. The summed E-state index contributed by atoms with van der Waals surface area (Å²) in [6.45, 7) is 0. The molecule has 10 heteroatoms. The van der Waals surface area contributed by atoms with E-state index in [0.29, 0.717) is 28.1 Å². The summed E-state index contributed by atoms with van der Waals surface area (Å²) in [5.41, 5.74) is 7.42. The van der Waals surface area contributed by atoms with Crippen LogP contribution in [-0.4, -0.2) is 39.5 Å². The highest BCUT2D eigenvalue weighted by atomic mass is 32.2. The Morgan fingerprint density at radius 1 is 0.865 bits per heavy atom. The molecule has 4 aromatic carbocycles. The molecule has 0 aliphatic rings. The van der Waals surface area contributed by atoms with Gasteiger partial charge in [0.1, 0.15) is 11.6 Å². The van der Waals surface area contributed by atoms with Gasteiger partial charge in [-0.3, -0.25) is 10.2 Å². The Hall–Kier alpha value is -4.70. The Labute approximate surface area is 213 Å². The quantitative estimate of drug-likeness (QED) is 0.189. The average Bonchev–Trinajstić information content (AvgIpc) is 2.86. The number of hydrogen-bond donors (Lipinski definition) is 3. The van der Waals surface area contributed by atoms with Gasteiger partial charge in [-0.15, -0.1) is 0 Å². The SMILES string of the molecule is COc1ccc2cc(C(=O)Nc3ccc(C(=N)N)cc3)c(-c3ccccc3C(=O)OS(C)(=O)=O)cc2c1. The number of carbonyl (C=O) groups is 2. The van der Waals surface area contributed by atoms with Crippen LogP contribution in [-0.2, 0) is 14.3 Å². The smallest absolute Gasteiger partial charge is 0.354 e. The van der Waals surface area contributed by atoms with Crippen LogP contribution in [0.3, 0.4) is 0 Å². The van der Waals surface area contributed by atoms with Gasteiger partial charge in [0.25, 0.3) is 5.91 Å². The molecule has 37 heavy (non-hydrogen) atoms. The lowest BCUT2D eigenvalue weighted by molar-refractivity contribution is 0.0748. The van der Waals surface area contributed by atoms with E-state index in [0.717, 1.165) is 17.0 Å². The zero-order valence-electron chi connectivity index (χ0n) is 19.9. The normalized spacial score (nSPS) is 11.1. The molecule has 4 N–H and O–H groups in total. The number of carbonyl (C=O) groups excluding carboxylic acids is 2. The Balaban J connectivity index is 1.86. The molecule has 0 heterocycles. The molecule has 1 amide bonds. The third-order valence-electron chi connectivity index (χ3n) is 5.55. The second-order valence-corrected chi connectivity index (χ2v) is 9.75. The molecule has 0 bridgehead atoms. The summed E-state index contributed by atoms with van der Waals surface area (Å²) in [5, 5.41) is 11.8. The second-order valence-electron chi connectivity index (χ2n) is 8.18. The largest absolute Gasteiger partial charge is 0.497 e. The predicted octanol–water partition coefficient (Wildman–Crippen LogP) is 4.17. The fourth-order valence-electron chi connectivity index (χ4n) is 3.82. The zero-order valence-corrected chi connectivity index (χ0v) is 20.8. The maximum absolute atomic E-state index is 13.5. The fraction of sp³-hybridized carbons (Fsp3) is 0.0741. The van der Waals surface area contributed by atoms with Crippen molar-refractivity contribution in [2.24, 2.45) is 5.73 Å². The van der Waals surface area contributed by atoms with Crippen molar-refractivity contribution >= 4 is 44.3 Å². The molecule has 4 aromatic rings. The average molecular weight is 518 g/mol. The molecule has 0 aliphatic carbocycles. The molecule has 188 valence electrons. The number of anilines is 1. The number of nitrogen functional groups attached to an aromatic ring is 1. The third-order valence-corrected chi connectivity index (χ3v) is 6.00. The number of fused-ring (bicyclic) bond motifs is 1. The number of hydrogen-bond acceptors (Lipinski definition) is 7. The summed E-state index contributed by atoms with van der Waals surface area (Å²) in [7, 11) is -2.52. The van der Waals surface area contributed by atoms with Gasteiger partial charge in [0, 0.05) is 16.8 Å². The van der Waals surface area contributed by atoms with E-state index in [9.17, 15) is 18.0 Å². The Bertz CT molecular complexity index is 1650. The first-order chi connectivity index (χ1) is 17.6. The Morgan fingerprint density at radius 2 is 1.57 bits per heavy atom. The highest BCUT2D eigenvalue weighted by Gasteiger charge is 2.22. The van der Waals surface area contributed by atoms with Gasteiger partial charge in [-0.25, -0.2) is 4.79 Å². The number of benzene rings is 4. The topological polar surface area (TPSA) is 149 Å².